The van der Waals surface area contributed by atoms with Crippen molar-refractivity contribution in [3.63, 3.8) is 0 Å². The highest BCUT2D eigenvalue weighted by molar-refractivity contribution is 5.83. The van der Waals surface area contributed by atoms with Crippen molar-refractivity contribution in [2.24, 2.45) is 0 Å². The fourth-order valence-corrected chi connectivity index (χ4v) is 2.34. The molecule has 1 unspecified atom stereocenters. The molecule has 20 heavy (non-hydrogen) atoms. The number of nitrogens with two attached hydrogens (primary N) is 1. The summed E-state index contributed by atoms with van der Waals surface area (Å²) in [4.78, 5) is 14.7. The first-order chi connectivity index (χ1) is 9.54. The van der Waals surface area contributed by atoms with Crippen LogP contribution < -0.4 is 11.3 Å². The fourth-order valence-electron chi connectivity index (χ4n) is 2.34. The molecule has 1 heterocycles. The number of anilines is 1. The minimum atomic E-state index is -0.00171. The zero-order chi connectivity index (χ0) is 14.7. The normalized spacial score (nSPS) is 13.0. The van der Waals surface area contributed by atoms with Gasteiger partial charge in [-0.2, -0.15) is 0 Å². The minimum Gasteiger partial charge on any atom is -0.385 e. The Morgan fingerprint density at radius 2 is 2.05 bits per heavy atom. The van der Waals surface area contributed by atoms with E-state index in [1.54, 1.807) is 4.57 Å². The molecule has 0 aliphatic carbocycles. The van der Waals surface area contributed by atoms with Crippen molar-refractivity contribution in [2.75, 3.05) is 19.3 Å². The fraction of sp³-hybridized carbons (Fsp3) is 0.438. The number of nitrogen functional groups attached to an aromatic ring is 1. The Kier molecular flexibility index (Phi) is 4.45. The van der Waals surface area contributed by atoms with Gasteiger partial charge in [0.1, 0.15) is 5.82 Å². The molecule has 1 aromatic carbocycles. The zero-order valence-corrected chi connectivity index (χ0v) is 12.5. The molecule has 0 aliphatic heterocycles. The first-order valence-corrected chi connectivity index (χ1v) is 7.13. The summed E-state index contributed by atoms with van der Waals surface area (Å²) in [5.41, 5.74) is 6.03. The summed E-state index contributed by atoms with van der Waals surface area (Å²) in [5, 5.41) is 1.63. The number of hydrogen-bond donors (Lipinski definition) is 1. The highest BCUT2D eigenvalue weighted by Gasteiger charge is 2.10. The van der Waals surface area contributed by atoms with Gasteiger partial charge in [0.2, 0.25) is 0 Å². The standard InChI is InChI=1S/C16H23N3O/c1-4-12(2)18(3)9-10-19-15(17)11-13-7-5-6-8-14(13)16(19)20/h5-8,11-12H,4,9-10,17H2,1-3H3. The molecule has 0 saturated heterocycles. The van der Waals surface area contributed by atoms with Crippen LogP contribution in [0.3, 0.4) is 0 Å². The predicted octanol–water partition coefficient (Wildman–Crippen LogP) is 2.31. The van der Waals surface area contributed by atoms with Crippen molar-refractivity contribution < 1.29 is 0 Å². The summed E-state index contributed by atoms with van der Waals surface area (Å²) in [5.74, 6) is 0.534. The summed E-state index contributed by atoms with van der Waals surface area (Å²) in [6, 6.07) is 9.96. The van der Waals surface area contributed by atoms with E-state index in [9.17, 15) is 4.79 Å². The summed E-state index contributed by atoms with van der Waals surface area (Å²) in [6.45, 7) is 5.79. The molecule has 0 aliphatic rings. The van der Waals surface area contributed by atoms with Gasteiger partial charge in [-0.25, -0.2) is 0 Å². The Bertz CT molecular complexity index is 648. The van der Waals surface area contributed by atoms with E-state index in [1.807, 2.05) is 30.3 Å². The van der Waals surface area contributed by atoms with Gasteiger partial charge in [-0.05, 0) is 37.9 Å². The van der Waals surface area contributed by atoms with E-state index in [4.69, 9.17) is 5.73 Å². The molecule has 0 radical (unpaired) electrons. The van der Waals surface area contributed by atoms with E-state index < -0.39 is 0 Å². The molecule has 2 rings (SSSR count). The molecular formula is C16H23N3O. The number of pyridine rings is 1. The van der Waals surface area contributed by atoms with Crippen LogP contribution in [0.25, 0.3) is 10.8 Å². The van der Waals surface area contributed by atoms with Crippen LogP contribution in [0.1, 0.15) is 20.3 Å². The molecule has 2 N–H and O–H groups in total. The van der Waals surface area contributed by atoms with E-state index in [1.165, 1.54) is 0 Å². The second-order valence-electron chi connectivity index (χ2n) is 5.35. The molecule has 1 aromatic heterocycles. The van der Waals surface area contributed by atoms with E-state index in [0.717, 1.165) is 23.7 Å². The lowest BCUT2D eigenvalue weighted by atomic mass is 10.1. The second kappa shape index (κ2) is 6.09. The zero-order valence-electron chi connectivity index (χ0n) is 12.5. The van der Waals surface area contributed by atoms with Gasteiger partial charge in [-0.15, -0.1) is 0 Å². The average Bonchev–Trinajstić information content (AvgIpc) is 2.45. The van der Waals surface area contributed by atoms with Gasteiger partial charge in [0, 0.05) is 24.5 Å². The highest BCUT2D eigenvalue weighted by Crippen LogP contribution is 2.13. The van der Waals surface area contributed by atoms with Crippen LogP contribution >= 0.6 is 0 Å². The van der Waals surface area contributed by atoms with Crippen molar-refractivity contribution in [2.45, 2.75) is 32.9 Å². The van der Waals surface area contributed by atoms with Crippen LogP contribution in [0.15, 0.2) is 35.1 Å². The monoisotopic (exact) mass is 273 g/mol. The van der Waals surface area contributed by atoms with Crippen molar-refractivity contribution in [1.29, 1.82) is 0 Å². The Hall–Kier alpha value is -1.81. The summed E-state index contributed by atoms with van der Waals surface area (Å²) >= 11 is 0. The summed E-state index contributed by atoms with van der Waals surface area (Å²) < 4.78 is 1.67. The predicted molar refractivity (Wildman–Crippen MR) is 85.0 cm³/mol. The maximum Gasteiger partial charge on any atom is 0.260 e. The SMILES string of the molecule is CCC(C)N(C)CCn1c(N)cc2ccccc2c1=O. The van der Waals surface area contributed by atoms with Gasteiger partial charge in [-0.1, -0.05) is 25.1 Å². The molecular weight excluding hydrogens is 250 g/mol. The van der Waals surface area contributed by atoms with Gasteiger partial charge in [0.05, 0.1) is 0 Å². The molecule has 4 heteroatoms. The van der Waals surface area contributed by atoms with Crippen LogP contribution in [0.2, 0.25) is 0 Å². The first-order valence-electron chi connectivity index (χ1n) is 7.13. The average molecular weight is 273 g/mol. The molecule has 2 aromatic rings. The number of rotatable bonds is 5. The third kappa shape index (κ3) is 2.85. The molecule has 0 fully saturated rings. The number of nitrogens with zero attached hydrogens (tertiary/aromatic N) is 2. The molecule has 1 atom stereocenters. The smallest absolute Gasteiger partial charge is 0.260 e. The third-order valence-corrected chi connectivity index (χ3v) is 4.07. The lowest BCUT2D eigenvalue weighted by Gasteiger charge is -2.24. The maximum absolute atomic E-state index is 12.5. The summed E-state index contributed by atoms with van der Waals surface area (Å²) in [7, 11) is 2.08. The van der Waals surface area contributed by atoms with Crippen LogP contribution in [-0.4, -0.2) is 29.1 Å². The van der Waals surface area contributed by atoms with Crippen molar-refractivity contribution in [1.82, 2.24) is 9.47 Å². The molecule has 0 bridgehead atoms. The molecule has 0 saturated carbocycles. The molecule has 108 valence electrons. The Balaban J connectivity index is 2.28. The van der Waals surface area contributed by atoms with Gasteiger partial charge in [0.15, 0.2) is 0 Å². The van der Waals surface area contributed by atoms with Crippen LogP contribution in [0, 0.1) is 0 Å². The van der Waals surface area contributed by atoms with Gasteiger partial charge < -0.3 is 10.6 Å². The van der Waals surface area contributed by atoms with Gasteiger partial charge >= 0.3 is 0 Å². The summed E-state index contributed by atoms with van der Waals surface area (Å²) in [6.07, 6.45) is 1.10. The molecule has 4 nitrogen and oxygen atoms in total. The number of likely N-dealkylation sites (N-methyl/N-ethyl adjacent to an activating group) is 1. The number of hydrogen-bond acceptors (Lipinski definition) is 3. The van der Waals surface area contributed by atoms with Crippen LogP contribution in [0.5, 0.6) is 0 Å². The lowest BCUT2D eigenvalue weighted by Crippen LogP contribution is -2.34. The topological polar surface area (TPSA) is 51.3 Å². The Labute approximate surface area is 119 Å². The van der Waals surface area contributed by atoms with Crippen LogP contribution in [-0.2, 0) is 6.54 Å². The van der Waals surface area contributed by atoms with E-state index >= 15 is 0 Å². The van der Waals surface area contributed by atoms with Crippen molar-refractivity contribution in [3.05, 3.63) is 40.7 Å². The minimum absolute atomic E-state index is 0.00171. The Morgan fingerprint density at radius 3 is 2.75 bits per heavy atom. The number of benzene rings is 1. The highest BCUT2D eigenvalue weighted by atomic mass is 16.1. The molecule has 0 spiro atoms. The van der Waals surface area contributed by atoms with Gasteiger partial charge in [0.25, 0.3) is 5.56 Å². The Morgan fingerprint density at radius 1 is 1.35 bits per heavy atom. The molecule has 0 amide bonds. The van der Waals surface area contributed by atoms with Crippen molar-refractivity contribution >= 4 is 16.6 Å². The second-order valence-corrected chi connectivity index (χ2v) is 5.35. The van der Waals surface area contributed by atoms with Crippen LogP contribution in [0.4, 0.5) is 5.82 Å². The first kappa shape index (κ1) is 14.6. The lowest BCUT2D eigenvalue weighted by molar-refractivity contribution is 0.242. The van der Waals surface area contributed by atoms with E-state index in [0.29, 0.717) is 18.4 Å². The van der Waals surface area contributed by atoms with Gasteiger partial charge in [-0.3, -0.25) is 9.36 Å². The van der Waals surface area contributed by atoms with Crippen molar-refractivity contribution in [3.8, 4) is 0 Å². The van der Waals surface area contributed by atoms with E-state index in [-0.39, 0.29) is 5.56 Å². The third-order valence-electron chi connectivity index (χ3n) is 4.07. The number of aromatic nitrogens is 1. The maximum atomic E-state index is 12.5. The largest absolute Gasteiger partial charge is 0.385 e. The quantitative estimate of drug-likeness (QED) is 0.909. The van der Waals surface area contributed by atoms with E-state index in [2.05, 4.69) is 25.8 Å². The number of fused-ring (bicyclic) bond motifs is 1.